The van der Waals surface area contributed by atoms with Crippen LogP contribution in [0.15, 0.2) is 5.10 Å². The van der Waals surface area contributed by atoms with Crippen LogP contribution in [0.3, 0.4) is 0 Å². The van der Waals surface area contributed by atoms with Crippen molar-refractivity contribution in [2.75, 3.05) is 0 Å². The number of aromatic nitrogens is 4. The van der Waals surface area contributed by atoms with Gasteiger partial charge in [0.15, 0.2) is 0 Å². The zero-order valence-electron chi connectivity index (χ0n) is 14.4. The van der Waals surface area contributed by atoms with E-state index < -0.39 is 22.8 Å². The lowest BCUT2D eigenvalue weighted by molar-refractivity contribution is -0.386. The van der Waals surface area contributed by atoms with Crippen LogP contribution in [0.1, 0.15) is 35.6 Å². The van der Waals surface area contributed by atoms with Crippen molar-refractivity contribution in [1.82, 2.24) is 25.0 Å². The van der Waals surface area contributed by atoms with Crippen LogP contribution in [0, 0.1) is 36.8 Å². The number of halogens is 1. The second kappa shape index (κ2) is 6.79. The molecule has 1 atom stereocenters. The van der Waals surface area contributed by atoms with E-state index in [0.29, 0.717) is 5.69 Å². The van der Waals surface area contributed by atoms with E-state index in [1.807, 2.05) is 0 Å². The van der Waals surface area contributed by atoms with Crippen LogP contribution in [0.25, 0.3) is 0 Å². The van der Waals surface area contributed by atoms with E-state index in [0.717, 1.165) is 10.9 Å². The molecule has 2 aromatic rings. The SMILES string of the molecule is Cc1nn(C)c(F)c1C=NNC(=O)C(C)n1nc(C)c([N+](=O)[O-])c1C. The van der Waals surface area contributed by atoms with Gasteiger partial charge in [-0.1, -0.05) is 0 Å². The lowest BCUT2D eigenvalue weighted by Gasteiger charge is -2.11. The van der Waals surface area contributed by atoms with Crippen LogP contribution in [0.5, 0.6) is 0 Å². The molecule has 25 heavy (non-hydrogen) atoms. The van der Waals surface area contributed by atoms with E-state index in [4.69, 9.17) is 0 Å². The third kappa shape index (κ3) is 3.39. The van der Waals surface area contributed by atoms with Crippen LogP contribution in [0.2, 0.25) is 0 Å². The largest absolute Gasteiger partial charge is 0.312 e. The first-order valence-electron chi connectivity index (χ1n) is 7.37. The molecule has 1 unspecified atom stereocenters. The number of aryl methyl sites for hydroxylation is 3. The van der Waals surface area contributed by atoms with E-state index in [9.17, 15) is 19.3 Å². The molecular formula is C14H18FN7O3. The second-order valence-electron chi connectivity index (χ2n) is 5.54. The molecule has 0 aliphatic carbocycles. The van der Waals surface area contributed by atoms with Gasteiger partial charge in [0.05, 0.1) is 22.4 Å². The minimum Gasteiger partial charge on any atom is -0.271 e. The number of nitrogens with zero attached hydrogens (tertiary/aromatic N) is 6. The summed E-state index contributed by atoms with van der Waals surface area (Å²) in [5.74, 6) is -1.11. The molecule has 0 saturated carbocycles. The standard InChI is InChI=1S/C14H18FN7O3/c1-7-11(13(15)20(5)18-7)6-16-17-14(23)10(4)21-9(3)12(22(24)25)8(2)19-21/h6,10H,1-5H3,(H,17,23). The van der Waals surface area contributed by atoms with Crippen LogP contribution in [-0.4, -0.2) is 36.6 Å². The van der Waals surface area contributed by atoms with E-state index in [2.05, 4.69) is 20.7 Å². The topological polar surface area (TPSA) is 120 Å². The van der Waals surface area contributed by atoms with Crippen molar-refractivity contribution in [2.45, 2.75) is 33.7 Å². The highest BCUT2D eigenvalue weighted by Gasteiger charge is 2.26. The Hall–Kier alpha value is -3.11. The van der Waals surface area contributed by atoms with Crippen molar-refractivity contribution >= 4 is 17.8 Å². The molecule has 0 radical (unpaired) electrons. The fourth-order valence-electron chi connectivity index (χ4n) is 2.45. The summed E-state index contributed by atoms with van der Waals surface area (Å²) in [6.07, 6.45) is 1.16. The highest BCUT2D eigenvalue weighted by molar-refractivity contribution is 5.84. The van der Waals surface area contributed by atoms with Gasteiger partial charge in [0.1, 0.15) is 17.4 Å². The Morgan fingerprint density at radius 3 is 2.48 bits per heavy atom. The Morgan fingerprint density at radius 2 is 2.00 bits per heavy atom. The fraction of sp³-hybridized carbons (Fsp3) is 0.429. The lowest BCUT2D eigenvalue weighted by Crippen LogP contribution is -2.28. The number of hydrogen-bond acceptors (Lipinski definition) is 6. The number of rotatable bonds is 5. The maximum Gasteiger partial charge on any atom is 0.312 e. The molecule has 0 bridgehead atoms. The predicted octanol–water partition coefficient (Wildman–Crippen LogP) is 1.30. The number of hydrazone groups is 1. The smallest absolute Gasteiger partial charge is 0.271 e. The lowest BCUT2D eigenvalue weighted by atomic mass is 10.3. The second-order valence-corrected chi connectivity index (χ2v) is 5.54. The van der Waals surface area contributed by atoms with Crippen LogP contribution < -0.4 is 5.43 Å². The van der Waals surface area contributed by atoms with Crippen LogP contribution in [-0.2, 0) is 11.8 Å². The first kappa shape index (κ1) is 18.2. The Kier molecular flexibility index (Phi) is 4.95. The third-order valence-electron chi connectivity index (χ3n) is 3.78. The van der Waals surface area contributed by atoms with Gasteiger partial charge in [-0.2, -0.15) is 19.7 Å². The van der Waals surface area contributed by atoms with Gasteiger partial charge in [-0.3, -0.25) is 19.6 Å². The number of carbonyl (C=O) groups is 1. The highest BCUT2D eigenvalue weighted by Crippen LogP contribution is 2.24. The van der Waals surface area contributed by atoms with Crippen molar-refractivity contribution in [1.29, 1.82) is 0 Å². The molecule has 2 heterocycles. The molecule has 134 valence electrons. The summed E-state index contributed by atoms with van der Waals surface area (Å²) in [6, 6.07) is -0.829. The molecule has 0 aliphatic heterocycles. The van der Waals surface area contributed by atoms with Crippen molar-refractivity contribution in [3.8, 4) is 0 Å². The average Bonchev–Trinajstić information content (AvgIpc) is 2.96. The van der Waals surface area contributed by atoms with E-state index in [-0.39, 0.29) is 22.6 Å². The third-order valence-corrected chi connectivity index (χ3v) is 3.78. The first-order chi connectivity index (χ1) is 11.6. The Labute approximate surface area is 142 Å². The maximum atomic E-state index is 13.8. The van der Waals surface area contributed by atoms with E-state index >= 15 is 0 Å². The van der Waals surface area contributed by atoms with Crippen molar-refractivity contribution < 1.29 is 14.1 Å². The number of nitro groups is 1. The molecule has 0 aliphatic rings. The number of carbonyl (C=O) groups excluding carboxylic acids is 1. The maximum absolute atomic E-state index is 13.8. The minimum absolute atomic E-state index is 0.129. The summed E-state index contributed by atoms with van der Waals surface area (Å²) in [7, 11) is 1.45. The highest BCUT2D eigenvalue weighted by atomic mass is 19.1. The van der Waals surface area contributed by atoms with Crippen molar-refractivity contribution in [3.63, 3.8) is 0 Å². The molecule has 2 rings (SSSR count). The van der Waals surface area contributed by atoms with Gasteiger partial charge in [0.25, 0.3) is 5.91 Å². The number of amides is 1. The molecule has 1 amide bonds. The molecule has 1 N–H and O–H groups in total. The van der Waals surface area contributed by atoms with Gasteiger partial charge < -0.3 is 0 Å². The average molecular weight is 351 g/mol. The van der Waals surface area contributed by atoms with Gasteiger partial charge in [-0.25, -0.2) is 10.1 Å². The fourth-order valence-corrected chi connectivity index (χ4v) is 2.45. The van der Waals surface area contributed by atoms with Crippen molar-refractivity contribution in [2.24, 2.45) is 12.1 Å². The molecule has 0 spiro atoms. The summed E-state index contributed by atoms with van der Waals surface area (Å²) in [5.41, 5.74) is 3.23. The quantitative estimate of drug-likeness (QED) is 0.494. The summed E-state index contributed by atoms with van der Waals surface area (Å²) < 4.78 is 16.1. The van der Waals surface area contributed by atoms with Crippen molar-refractivity contribution in [3.05, 3.63) is 38.7 Å². The predicted molar refractivity (Wildman–Crippen MR) is 86.7 cm³/mol. The number of nitrogens with one attached hydrogen (secondary N) is 1. The summed E-state index contributed by atoms with van der Waals surface area (Å²) in [5, 5.41) is 22.7. The summed E-state index contributed by atoms with van der Waals surface area (Å²) >= 11 is 0. The molecule has 0 aromatic carbocycles. The first-order valence-corrected chi connectivity index (χ1v) is 7.37. The summed E-state index contributed by atoms with van der Waals surface area (Å²) in [4.78, 5) is 22.7. The molecule has 10 nitrogen and oxygen atoms in total. The summed E-state index contributed by atoms with van der Waals surface area (Å²) in [6.45, 7) is 6.16. The zero-order valence-corrected chi connectivity index (χ0v) is 14.4. The molecular weight excluding hydrogens is 333 g/mol. The van der Waals surface area contributed by atoms with Gasteiger partial charge in [-0.15, -0.1) is 0 Å². The molecule has 2 aromatic heterocycles. The minimum atomic E-state index is -0.829. The van der Waals surface area contributed by atoms with E-state index in [1.165, 1.54) is 32.5 Å². The van der Waals surface area contributed by atoms with Crippen LogP contribution >= 0.6 is 0 Å². The van der Waals surface area contributed by atoms with E-state index in [1.54, 1.807) is 6.92 Å². The number of hydrogen-bond donors (Lipinski definition) is 1. The van der Waals surface area contributed by atoms with Crippen LogP contribution in [0.4, 0.5) is 10.1 Å². The molecule has 0 saturated heterocycles. The Balaban J connectivity index is 2.15. The Morgan fingerprint density at radius 1 is 1.36 bits per heavy atom. The Bertz CT molecular complexity index is 868. The zero-order chi connectivity index (χ0) is 18.9. The normalized spacial score (nSPS) is 12.6. The molecule has 11 heteroatoms. The van der Waals surface area contributed by atoms with Gasteiger partial charge in [0, 0.05) is 7.05 Å². The monoisotopic (exact) mass is 351 g/mol. The van der Waals surface area contributed by atoms with Gasteiger partial charge in [-0.05, 0) is 27.7 Å². The van der Waals surface area contributed by atoms with Gasteiger partial charge >= 0.3 is 5.69 Å². The molecule has 0 fully saturated rings. The van der Waals surface area contributed by atoms with Gasteiger partial charge in [0.2, 0.25) is 5.95 Å².